The minimum atomic E-state index is 0.331. The number of ether oxygens (including phenoxy) is 1. The number of nitrogens with two attached hydrogens (primary N) is 1. The molecule has 13 heavy (non-hydrogen) atoms. The Morgan fingerprint density at radius 2 is 1.92 bits per heavy atom. The van der Waals surface area contributed by atoms with Gasteiger partial charge in [-0.1, -0.05) is 26.2 Å². The lowest BCUT2D eigenvalue weighted by atomic mass is 9.77. The average molecular weight is 183 g/mol. The first-order chi connectivity index (χ1) is 6.31. The molecule has 76 valence electrons. The Hall–Kier alpha value is -0.0800. The van der Waals surface area contributed by atoms with Crippen LogP contribution in [0.15, 0.2) is 0 Å². The highest BCUT2D eigenvalue weighted by molar-refractivity contribution is 4.89. The second-order valence-electron chi connectivity index (χ2n) is 4.64. The molecule has 2 heteroatoms. The maximum atomic E-state index is 6.12. The van der Waals surface area contributed by atoms with Crippen molar-refractivity contribution in [2.45, 2.75) is 51.2 Å². The molecule has 0 bridgehead atoms. The lowest BCUT2D eigenvalue weighted by Gasteiger charge is -2.31. The molecule has 2 unspecified atom stereocenters. The zero-order chi connectivity index (χ0) is 9.26. The second kappa shape index (κ2) is 3.97. The van der Waals surface area contributed by atoms with Crippen LogP contribution in [0, 0.1) is 11.8 Å². The van der Waals surface area contributed by atoms with E-state index in [9.17, 15) is 0 Å². The fraction of sp³-hybridized carbons (Fsp3) is 1.00. The van der Waals surface area contributed by atoms with Crippen LogP contribution in [-0.2, 0) is 4.74 Å². The summed E-state index contributed by atoms with van der Waals surface area (Å²) in [4.78, 5) is 0. The van der Waals surface area contributed by atoms with Gasteiger partial charge in [-0.15, -0.1) is 0 Å². The van der Waals surface area contributed by atoms with E-state index in [4.69, 9.17) is 10.5 Å². The molecule has 0 aromatic heterocycles. The Morgan fingerprint density at radius 1 is 1.31 bits per heavy atom. The van der Waals surface area contributed by atoms with E-state index in [1.165, 1.54) is 32.1 Å². The molecule has 2 aliphatic rings. The van der Waals surface area contributed by atoms with Gasteiger partial charge in [-0.25, -0.2) is 0 Å². The van der Waals surface area contributed by atoms with Crippen LogP contribution in [0.1, 0.15) is 39.0 Å². The van der Waals surface area contributed by atoms with Crippen molar-refractivity contribution in [1.82, 2.24) is 0 Å². The summed E-state index contributed by atoms with van der Waals surface area (Å²) in [5.74, 6) is 1.72. The number of rotatable bonds is 3. The van der Waals surface area contributed by atoms with E-state index in [0.717, 1.165) is 18.4 Å². The molecular weight excluding hydrogens is 162 g/mol. The highest BCUT2D eigenvalue weighted by Gasteiger charge is 2.36. The van der Waals surface area contributed by atoms with E-state index in [1.54, 1.807) is 0 Å². The van der Waals surface area contributed by atoms with Gasteiger partial charge >= 0.3 is 0 Å². The van der Waals surface area contributed by atoms with Gasteiger partial charge in [0.15, 0.2) is 0 Å². The second-order valence-corrected chi connectivity index (χ2v) is 4.64. The van der Waals surface area contributed by atoms with E-state index < -0.39 is 0 Å². The van der Waals surface area contributed by atoms with Gasteiger partial charge in [0.1, 0.15) is 0 Å². The molecule has 2 fully saturated rings. The quantitative estimate of drug-likeness (QED) is 0.679. The molecule has 0 aromatic carbocycles. The highest BCUT2D eigenvalue weighted by Crippen LogP contribution is 2.34. The average Bonchev–Trinajstić information content (AvgIpc) is 3.00. The van der Waals surface area contributed by atoms with Crippen LogP contribution in [0.3, 0.4) is 0 Å². The van der Waals surface area contributed by atoms with Crippen molar-refractivity contribution in [2.24, 2.45) is 17.6 Å². The third-order valence-corrected chi connectivity index (χ3v) is 3.80. The Kier molecular flexibility index (Phi) is 2.89. The number of epoxide rings is 1. The largest absolute Gasteiger partial charge is 0.371 e. The van der Waals surface area contributed by atoms with Crippen molar-refractivity contribution < 1.29 is 4.74 Å². The topological polar surface area (TPSA) is 38.5 Å². The Balaban J connectivity index is 1.76. The summed E-state index contributed by atoms with van der Waals surface area (Å²) >= 11 is 0. The van der Waals surface area contributed by atoms with Gasteiger partial charge in [0.2, 0.25) is 0 Å². The van der Waals surface area contributed by atoms with Gasteiger partial charge in [-0.2, -0.15) is 0 Å². The molecule has 1 saturated carbocycles. The van der Waals surface area contributed by atoms with E-state index in [2.05, 4.69) is 6.92 Å². The summed E-state index contributed by atoms with van der Waals surface area (Å²) in [7, 11) is 0. The molecule has 0 spiro atoms. The third-order valence-electron chi connectivity index (χ3n) is 3.80. The molecule has 1 aliphatic heterocycles. The van der Waals surface area contributed by atoms with Crippen LogP contribution in [0.4, 0.5) is 0 Å². The molecule has 2 atom stereocenters. The van der Waals surface area contributed by atoms with Crippen LogP contribution in [-0.4, -0.2) is 18.8 Å². The van der Waals surface area contributed by atoms with E-state index in [1.807, 2.05) is 0 Å². The minimum absolute atomic E-state index is 0.331. The van der Waals surface area contributed by atoms with E-state index in [-0.39, 0.29) is 0 Å². The van der Waals surface area contributed by atoms with Crippen LogP contribution < -0.4 is 5.73 Å². The van der Waals surface area contributed by atoms with Crippen LogP contribution >= 0.6 is 0 Å². The van der Waals surface area contributed by atoms with Gasteiger partial charge in [0.25, 0.3) is 0 Å². The molecule has 2 N–H and O–H groups in total. The first kappa shape index (κ1) is 9.47. The fourth-order valence-electron chi connectivity index (χ4n) is 2.56. The van der Waals surface area contributed by atoms with Crippen molar-refractivity contribution in [3.8, 4) is 0 Å². The molecular formula is C11H21NO. The zero-order valence-corrected chi connectivity index (χ0v) is 8.54. The van der Waals surface area contributed by atoms with Crippen molar-refractivity contribution in [3.05, 3.63) is 0 Å². The normalized spacial score (nSPS) is 41.5. The van der Waals surface area contributed by atoms with Crippen LogP contribution in [0.25, 0.3) is 0 Å². The van der Waals surface area contributed by atoms with Crippen LogP contribution in [0.5, 0.6) is 0 Å². The van der Waals surface area contributed by atoms with Gasteiger partial charge in [-0.3, -0.25) is 0 Å². The molecule has 1 saturated heterocycles. The summed E-state index contributed by atoms with van der Waals surface area (Å²) < 4.78 is 5.25. The molecule has 0 radical (unpaired) electrons. The Labute approximate surface area is 80.8 Å². The molecule has 1 aliphatic carbocycles. The number of hydrogen-bond donors (Lipinski definition) is 1. The molecule has 2 rings (SSSR count). The van der Waals surface area contributed by atoms with Crippen molar-refractivity contribution in [1.29, 1.82) is 0 Å². The van der Waals surface area contributed by atoms with Gasteiger partial charge in [0, 0.05) is 6.04 Å². The monoisotopic (exact) mass is 183 g/mol. The maximum absolute atomic E-state index is 6.12. The molecule has 0 amide bonds. The summed E-state index contributed by atoms with van der Waals surface area (Å²) in [6.07, 6.45) is 7.20. The van der Waals surface area contributed by atoms with E-state index >= 15 is 0 Å². The van der Waals surface area contributed by atoms with Gasteiger partial charge in [0.05, 0.1) is 12.7 Å². The fourth-order valence-corrected chi connectivity index (χ4v) is 2.56. The van der Waals surface area contributed by atoms with Crippen molar-refractivity contribution >= 4 is 0 Å². The van der Waals surface area contributed by atoms with Gasteiger partial charge in [-0.05, 0) is 24.7 Å². The molecule has 0 aromatic rings. The molecule has 2 nitrogen and oxygen atoms in total. The highest BCUT2D eigenvalue weighted by atomic mass is 16.6. The summed E-state index contributed by atoms with van der Waals surface area (Å²) in [5, 5.41) is 0. The smallest absolute Gasteiger partial charge is 0.0963 e. The number of hydrogen-bond acceptors (Lipinski definition) is 2. The zero-order valence-electron chi connectivity index (χ0n) is 8.54. The SMILES string of the molecule is CCC1CCC(C(N)C2CO2)CC1. The minimum Gasteiger partial charge on any atom is -0.371 e. The van der Waals surface area contributed by atoms with Gasteiger partial charge < -0.3 is 10.5 Å². The standard InChI is InChI=1S/C11H21NO/c1-2-8-3-5-9(6-4-8)11(12)10-7-13-10/h8-11H,2-7,12H2,1H3. The summed E-state index contributed by atoms with van der Waals surface area (Å²) in [6, 6.07) is 0.331. The Morgan fingerprint density at radius 3 is 2.38 bits per heavy atom. The first-order valence-corrected chi connectivity index (χ1v) is 5.68. The van der Waals surface area contributed by atoms with Crippen LogP contribution in [0.2, 0.25) is 0 Å². The summed E-state index contributed by atoms with van der Waals surface area (Å²) in [5.41, 5.74) is 6.12. The lowest BCUT2D eigenvalue weighted by Crippen LogP contribution is -2.37. The first-order valence-electron chi connectivity index (χ1n) is 5.68. The van der Waals surface area contributed by atoms with E-state index in [0.29, 0.717) is 12.1 Å². The predicted octanol–water partition coefficient (Wildman–Crippen LogP) is 1.93. The van der Waals surface area contributed by atoms with Crippen molar-refractivity contribution in [2.75, 3.05) is 6.61 Å². The molecule has 1 heterocycles. The maximum Gasteiger partial charge on any atom is 0.0963 e. The summed E-state index contributed by atoms with van der Waals surface area (Å²) in [6.45, 7) is 3.21. The van der Waals surface area contributed by atoms with Crippen molar-refractivity contribution in [3.63, 3.8) is 0 Å². The predicted molar refractivity (Wildman–Crippen MR) is 53.5 cm³/mol. The Bertz CT molecular complexity index is 159. The third kappa shape index (κ3) is 2.23. The lowest BCUT2D eigenvalue weighted by molar-refractivity contribution is 0.214.